The molecule has 0 bridgehead atoms. The van der Waals surface area contributed by atoms with Gasteiger partial charge in [0.05, 0.1) is 12.3 Å². The van der Waals surface area contributed by atoms with Crippen molar-refractivity contribution in [3.05, 3.63) is 17.5 Å². The molecule has 6 heteroatoms. The number of amides is 1. The summed E-state index contributed by atoms with van der Waals surface area (Å²) in [5.41, 5.74) is 1.93. The molecule has 0 spiro atoms. The number of carbonyl (C=O) groups is 1. The maximum Gasteiger partial charge on any atom is 0.244 e. The first-order valence-corrected chi connectivity index (χ1v) is 6.56. The lowest BCUT2D eigenvalue weighted by molar-refractivity contribution is -0.124. The third-order valence-corrected chi connectivity index (χ3v) is 2.87. The smallest absolute Gasteiger partial charge is 0.244 e. The van der Waals surface area contributed by atoms with Gasteiger partial charge in [0.25, 0.3) is 0 Å². The van der Waals surface area contributed by atoms with Crippen molar-refractivity contribution in [3.63, 3.8) is 0 Å². The van der Waals surface area contributed by atoms with Crippen molar-refractivity contribution in [2.45, 2.75) is 26.8 Å². The Kier molecular flexibility index (Phi) is 6.52. The fraction of sp³-hybridized carbons (Fsp3) is 0.692. The summed E-state index contributed by atoms with van der Waals surface area (Å²) in [4.78, 5) is 12.0. The summed E-state index contributed by atoms with van der Waals surface area (Å²) in [7, 11) is 1.67. The molecule has 1 heterocycles. The van der Waals surface area contributed by atoms with E-state index in [-0.39, 0.29) is 11.9 Å². The summed E-state index contributed by atoms with van der Waals surface area (Å²) in [5, 5.41) is 10.4. The normalized spacial score (nSPS) is 12.4. The molecule has 0 aliphatic carbocycles. The lowest BCUT2D eigenvalue weighted by Gasteiger charge is -2.14. The Labute approximate surface area is 114 Å². The zero-order valence-electron chi connectivity index (χ0n) is 12.2. The lowest BCUT2D eigenvalue weighted by atomic mass is 10.3. The number of methoxy groups -OCH3 is 1. The van der Waals surface area contributed by atoms with E-state index in [2.05, 4.69) is 15.7 Å². The molecule has 1 aromatic heterocycles. The van der Waals surface area contributed by atoms with E-state index in [1.54, 1.807) is 11.8 Å². The molecule has 19 heavy (non-hydrogen) atoms. The molecule has 2 N–H and O–H groups in total. The average molecular weight is 268 g/mol. The van der Waals surface area contributed by atoms with Crippen molar-refractivity contribution in [3.8, 4) is 0 Å². The Hall–Kier alpha value is -1.40. The predicted octanol–water partition coefficient (Wildman–Crippen LogP) is 0.413. The minimum Gasteiger partial charge on any atom is -0.383 e. The van der Waals surface area contributed by atoms with Gasteiger partial charge < -0.3 is 15.4 Å². The van der Waals surface area contributed by atoms with E-state index in [1.807, 2.05) is 26.8 Å². The van der Waals surface area contributed by atoms with Gasteiger partial charge in [-0.3, -0.25) is 9.48 Å². The summed E-state index contributed by atoms with van der Waals surface area (Å²) >= 11 is 0. The van der Waals surface area contributed by atoms with Crippen LogP contribution < -0.4 is 10.6 Å². The molecule has 1 rings (SSSR count). The SMILES string of the molecule is COCCNCCNC(=O)C(C)n1nc(C)cc1C. The van der Waals surface area contributed by atoms with Gasteiger partial charge in [0, 0.05) is 32.4 Å². The van der Waals surface area contributed by atoms with Gasteiger partial charge in [-0.25, -0.2) is 0 Å². The third kappa shape index (κ3) is 5.00. The van der Waals surface area contributed by atoms with Gasteiger partial charge in [-0.1, -0.05) is 0 Å². The van der Waals surface area contributed by atoms with Crippen LogP contribution in [0.3, 0.4) is 0 Å². The molecule has 108 valence electrons. The predicted molar refractivity (Wildman–Crippen MR) is 74.2 cm³/mol. The molecule has 0 fully saturated rings. The molecule has 0 radical (unpaired) electrons. The lowest BCUT2D eigenvalue weighted by Crippen LogP contribution is -2.37. The number of rotatable bonds is 8. The van der Waals surface area contributed by atoms with Crippen molar-refractivity contribution in [2.24, 2.45) is 0 Å². The zero-order valence-corrected chi connectivity index (χ0v) is 12.2. The van der Waals surface area contributed by atoms with Crippen LogP contribution in [-0.2, 0) is 9.53 Å². The fourth-order valence-corrected chi connectivity index (χ4v) is 1.87. The molecule has 1 aromatic rings. The van der Waals surface area contributed by atoms with Gasteiger partial charge in [0.15, 0.2) is 0 Å². The van der Waals surface area contributed by atoms with Crippen LogP contribution in [0, 0.1) is 13.8 Å². The Bertz CT molecular complexity index is 403. The van der Waals surface area contributed by atoms with Crippen LogP contribution in [-0.4, -0.2) is 49.0 Å². The van der Waals surface area contributed by atoms with Gasteiger partial charge in [-0.15, -0.1) is 0 Å². The minimum atomic E-state index is -0.285. The van der Waals surface area contributed by atoms with Gasteiger partial charge in [0.1, 0.15) is 6.04 Å². The van der Waals surface area contributed by atoms with E-state index >= 15 is 0 Å². The van der Waals surface area contributed by atoms with Crippen molar-refractivity contribution >= 4 is 5.91 Å². The highest BCUT2D eigenvalue weighted by atomic mass is 16.5. The number of carbonyl (C=O) groups excluding carboxylic acids is 1. The molecular formula is C13H24N4O2. The Balaban J connectivity index is 2.31. The summed E-state index contributed by atoms with van der Waals surface area (Å²) in [6.45, 7) is 8.54. The van der Waals surface area contributed by atoms with E-state index < -0.39 is 0 Å². The fourth-order valence-electron chi connectivity index (χ4n) is 1.87. The van der Waals surface area contributed by atoms with Crippen molar-refractivity contribution < 1.29 is 9.53 Å². The number of aryl methyl sites for hydroxylation is 2. The molecule has 6 nitrogen and oxygen atoms in total. The summed E-state index contributed by atoms with van der Waals surface area (Å²) in [6.07, 6.45) is 0. The van der Waals surface area contributed by atoms with Gasteiger partial charge in [-0.05, 0) is 26.8 Å². The summed E-state index contributed by atoms with van der Waals surface area (Å²) in [6, 6.07) is 1.68. The molecule has 0 saturated heterocycles. The summed E-state index contributed by atoms with van der Waals surface area (Å²) < 4.78 is 6.67. The monoisotopic (exact) mass is 268 g/mol. The highest BCUT2D eigenvalue weighted by Crippen LogP contribution is 2.10. The number of nitrogens with zero attached hydrogens (tertiary/aromatic N) is 2. The first-order chi connectivity index (χ1) is 9.06. The molecule has 0 saturated carbocycles. The summed E-state index contributed by atoms with van der Waals surface area (Å²) in [5.74, 6) is -0.0141. The Morgan fingerprint density at radius 2 is 2.16 bits per heavy atom. The molecule has 1 amide bonds. The zero-order chi connectivity index (χ0) is 14.3. The number of nitrogens with one attached hydrogen (secondary N) is 2. The second kappa shape index (κ2) is 7.91. The quantitative estimate of drug-likeness (QED) is 0.670. The van der Waals surface area contributed by atoms with Crippen molar-refractivity contribution in [1.29, 1.82) is 0 Å². The van der Waals surface area contributed by atoms with E-state index in [4.69, 9.17) is 4.74 Å². The second-order valence-electron chi connectivity index (χ2n) is 4.58. The number of ether oxygens (including phenoxy) is 1. The average Bonchev–Trinajstić information content (AvgIpc) is 2.71. The minimum absolute atomic E-state index is 0.0141. The van der Waals surface area contributed by atoms with Crippen LogP contribution in [0.25, 0.3) is 0 Å². The second-order valence-corrected chi connectivity index (χ2v) is 4.58. The first-order valence-electron chi connectivity index (χ1n) is 6.56. The van der Waals surface area contributed by atoms with Crippen LogP contribution >= 0.6 is 0 Å². The van der Waals surface area contributed by atoms with E-state index in [0.29, 0.717) is 13.2 Å². The maximum atomic E-state index is 12.0. The molecule has 1 atom stereocenters. The first kappa shape index (κ1) is 15.7. The van der Waals surface area contributed by atoms with Gasteiger partial charge in [-0.2, -0.15) is 5.10 Å². The molecule has 0 aliphatic heterocycles. The Morgan fingerprint density at radius 3 is 2.74 bits per heavy atom. The maximum absolute atomic E-state index is 12.0. The van der Waals surface area contributed by atoms with Crippen molar-refractivity contribution in [1.82, 2.24) is 20.4 Å². The molecule has 0 aromatic carbocycles. The molecular weight excluding hydrogens is 244 g/mol. The molecule has 0 aliphatic rings. The highest BCUT2D eigenvalue weighted by Gasteiger charge is 2.16. The topological polar surface area (TPSA) is 68.2 Å². The number of hydrogen-bond acceptors (Lipinski definition) is 4. The number of aromatic nitrogens is 2. The van der Waals surface area contributed by atoms with Crippen LogP contribution in [0.4, 0.5) is 0 Å². The van der Waals surface area contributed by atoms with Crippen LogP contribution in [0.15, 0.2) is 6.07 Å². The standard InChI is InChI=1S/C13H24N4O2/c1-10-9-11(2)17(16-10)12(3)13(18)15-6-5-14-7-8-19-4/h9,12,14H,5-8H2,1-4H3,(H,15,18). The van der Waals surface area contributed by atoms with E-state index in [1.165, 1.54) is 0 Å². The van der Waals surface area contributed by atoms with Crippen LogP contribution in [0.2, 0.25) is 0 Å². The third-order valence-electron chi connectivity index (χ3n) is 2.87. The van der Waals surface area contributed by atoms with Gasteiger partial charge >= 0.3 is 0 Å². The van der Waals surface area contributed by atoms with Crippen molar-refractivity contribution in [2.75, 3.05) is 33.4 Å². The van der Waals surface area contributed by atoms with Gasteiger partial charge in [0.2, 0.25) is 5.91 Å². The number of hydrogen-bond donors (Lipinski definition) is 2. The van der Waals surface area contributed by atoms with E-state index in [9.17, 15) is 4.79 Å². The Morgan fingerprint density at radius 1 is 1.42 bits per heavy atom. The van der Waals surface area contributed by atoms with E-state index in [0.717, 1.165) is 24.5 Å². The molecule has 1 unspecified atom stereocenters. The largest absolute Gasteiger partial charge is 0.383 e. The van der Waals surface area contributed by atoms with Crippen LogP contribution in [0.1, 0.15) is 24.4 Å². The highest BCUT2D eigenvalue weighted by molar-refractivity contribution is 5.79. The van der Waals surface area contributed by atoms with Crippen LogP contribution in [0.5, 0.6) is 0 Å².